The van der Waals surface area contributed by atoms with E-state index >= 15 is 0 Å². The highest BCUT2D eigenvalue weighted by Crippen LogP contribution is 2.22. The summed E-state index contributed by atoms with van der Waals surface area (Å²) in [5.74, 6) is 2.82. The second-order valence-electron chi connectivity index (χ2n) is 6.49. The van der Waals surface area contributed by atoms with Crippen LogP contribution < -0.4 is 15.4 Å². The second kappa shape index (κ2) is 9.27. The normalized spacial score (nSPS) is 12.8. The Morgan fingerprint density at radius 3 is 2.65 bits per heavy atom. The smallest absolute Gasteiger partial charge is 0.191 e. The molecule has 2 aromatic rings. The van der Waals surface area contributed by atoms with E-state index in [1.165, 1.54) is 5.56 Å². The van der Waals surface area contributed by atoms with Gasteiger partial charge in [-0.1, -0.05) is 24.2 Å². The molecule has 2 rings (SSSR count). The van der Waals surface area contributed by atoms with Gasteiger partial charge in [-0.15, -0.1) is 0 Å². The lowest BCUT2D eigenvalue weighted by Gasteiger charge is -2.17. The lowest BCUT2D eigenvalue weighted by molar-refractivity contribution is 0.336. The molecule has 0 aliphatic rings. The Kier molecular flexibility index (Phi) is 7.06. The number of hydrogen-bond donors (Lipinski definition) is 2. The van der Waals surface area contributed by atoms with Crippen molar-refractivity contribution in [3.63, 3.8) is 0 Å². The Balaban J connectivity index is 1.94. The third kappa shape index (κ3) is 5.00. The van der Waals surface area contributed by atoms with E-state index < -0.39 is 0 Å². The Labute approximate surface area is 156 Å². The summed E-state index contributed by atoms with van der Waals surface area (Å²) >= 11 is 0. The molecule has 6 nitrogen and oxygen atoms in total. The highest BCUT2D eigenvalue weighted by atomic mass is 16.5. The molecule has 1 aromatic carbocycles. The van der Waals surface area contributed by atoms with Crippen molar-refractivity contribution in [3.05, 3.63) is 46.3 Å². The van der Waals surface area contributed by atoms with E-state index in [2.05, 4.69) is 52.8 Å². The summed E-state index contributed by atoms with van der Waals surface area (Å²) in [5, 5.41) is 10.8. The van der Waals surface area contributed by atoms with Crippen LogP contribution in [0.4, 0.5) is 0 Å². The molecule has 0 saturated carbocycles. The van der Waals surface area contributed by atoms with Crippen molar-refractivity contribution in [3.8, 4) is 5.75 Å². The minimum atomic E-state index is 0.276. The Morgan fingerprint density at radius 1 is 1.27 bits per heavy atom. The maximum absolute atomic E-state index is 5.74. The molecule has 0 amide bonds. The van der Waals surface area contributed by atoms with Crippen LogP contribution >= 0.6 is 0 Å². The van der Waals surface area contributed by atoms with Crippen molar-refractivity contribution < 1.29 is 9.26 Å². The van der Waals surface area contributed by atoms with Gasteiger partial charge in [0.25, 0.3) is 0 Å². The molecule has 1 atom stereocenters. The van der Waals surface area contributed by atoms with Crippen LogP contribution in [0.3, 0.4) is 0 Å². The lowest BCUT2D eigenvalue weighted by atomic mass is 10.00. The van der Waals surface area contributed by atoms with Gasteiger partial charge in [0.1, 0.15) is 11.5 Å². The highest BCUT2D eigenvalue weighted by Gasteiger charge is 2.16. The van der Waals surface area contributed by atoms with Crippen LogP contribution in [0.2, 0.25) is 0 Å². The molecule has 0 saturated heterocycles. The van der Waals surface area contributed by atoms with E-state index in [1.54, 1.807) is 7.05 Å². The number of guanidine groups is 1. The number of ether oxygens (including phenoxy) is 1. The maximum Gasteiger partial charge on any atom is 0.191 e. The van der Waals surface area contributed by atoms with E-state index in [0.717, 1.165) is 40.8 Å². The fourth-order valence-electron chi connectivity index (χ4n) is 3.04. The van der Waals surface area contributed by atoms with Crippen molar-refractivity contribution >= 4 is 5.96 Å². The Morgan fingerprint density at radius 2 is 2.04 bits per heavy atom. The number of benzene rings is 1. The first-order valence-electron chi connectivity index (χ1n) is 9.05. The first kappa shape index (κ1) is 19.8. The van der Waals surface area contributed by atoms with Gasteiger partial charge in [-0.05, 0) is 39.3 Å². The molecule has 0 bridgehead atoms. The number of rotatable bonds is 7. The fraction of sp³-hybridized carbons (Fsp3) is 0.500. The zero-order valence-electron chi connectivity index (χ0n) is 16.6. The Hall–Kier alpha value is -2.50. The molecule has 6 heteroatoms. The molecule has 0 aliphatic carbocycles. The third-order valence-electron chi connectivity index (χ3n) is 4.35. The average molecular weight is 358 g/mol. The van der Waals surface area contributed by atoms with Gasteiger partial charge in [-0.2, -0.15) is 0 Å². The summed E-state index contributed by atoms with van der Waals surface area (Å²) < 4.78 is 11.0. The molecule has 1 unspecified atom stereocenters. The van der Waals surface area contributed by atoms with Crippen molar-refractivity contribution in [2.24, 2.45) is 4.99 Å². The number of nitrogens with zero attached hydrogens (tertiary/aromatic N) is 2. The monoisotopic (exact) mass is 358 g/mol. The topological polar surface area (TPSA) is 71.7 Å². The summed E-state index contributed by atoms with van der Waals surface area (Å²) in [7, 11) is 1.77. The average Bonchev–Trinajstić information content (AvgIpc) is 2.95. The first-order valence-corrected chi connectivity index (χ1v) is 9.05. The van der Waals surface area contributed by atoms with Gasteiger partial charge in [0.05, 0.1) is 12.3 Å². The summed E-state index contributed by atoms with van der Waals surface area (Å²) in [6.07, 6.45) is 0. The van der Waals surface area contributed by atoms with E-state index in [9.17, 15) is 0 Å². The number of aryl methyl sites for hydroxylation is 3. The van der Waals surface area contributed by atoms with Gasteiger partial charge in [0.15, 0.2) is 5.96 Å². The fourth-order valence-corrected chi connectivity index (χ4v) is 3.04. The van der Waals surface area contributed by atoms with Crippen LogP contribution in [0.5, 0.6) is 5.75 Å². The van der Waals surface area contributed by atoms with Crippen LogP contribution in [0.1, 0.15) is 47.9 Å². The number of hydrogen-bond acceptors (Lipinski definition) is 4. The second-order valence-corrected chi connectivity index (χ2v) is 6.49. The molecule has 2 N–H and O–H groups in total. The highest BCUT2D eigenvalue weighted by molar-refractivity contribution is 5.79. The quantitative estimate of drug-likeness (QED) is 0.586. The van der Waals surface area contributed by atoms with Gasteiger partial charge in [0, 0.05) is 37.2 Å². The zero-order valence-corrected chi connectivity index (χ0v) is 16.6. The van der Waals surface area contributed by atoms with Gasteiger partial charge < -0.3 is 19.9 Å². The lowest BCUT2D eigenvalue weighted by Crippen LogP contribution is -2.38. The molecule has 0 radical (unpaired) electrons. The summed E-state index contributed by atoms with van der Waals surface area (Å²) in [6.45, 7) is 12.2. The number of aliphatic imine (C=N–C) groups is 1. The first-order chi connectivity index (χ1) is 12.5. The zero-order chi connectivity index (χ0) is 19.1. The van der Waals surface area contributed by atoms with E-state index in [1.807, 2.05) is 20.8 Å². The molecular formula is C20H30N4O2. The summed E-state index contributed by atoms with van der Waals surface area (Å²) in [6, 6.07) is 6.25. The van der Waals surface area contributed by atoms with Crippen molar-refractivity contribution in [2.75, 3.05) is 20.2 Å². The number of aromatic nitrogens is 1. The van der Waals surface area contributed by atoms with Gasteiger partial charge in [0.2, 0.25) is 0 Å². The molecule has 26 heavy (non-hydrogen) atoms. The Bertz CT molecular complexity index is 733. The van der Waals surface area contributed by atoms with Crippen molar-refractivity contribution in [2.45, 2.75) is 47.1 Å². The van der Waals surface area contributed by atoms with Crippen molar-refractivity contribution in [1.29, 1.82) is 0 Å². The van der Waals surface area contributed by atoms with Crippen LogP contribution in [-0.2, 0) is 6.54 Å². The summed E-state index contributed by atoms with van der Waals surface area (Å²) in [4.78, 5) is 4.31. The molecule has 0 aliphatic heterocycles. The van der Waals surface area contributed by atoms with E-state index in [0.29, 0.717) is 13.2 Å². The molecule has 0 fully saturated rings. The van der Waals surface area contributed by atoms with Gasteiger partial charge in [-0.3, -0.25) is 4.99 Å². The van der Waals surface area contributed by atoms with Crippen LogP contribution in [0.25, 0.3) is 0 Å². The molecule has 0 spiro atoms. The predicted molar refractivity (Wildman–Crippen MR) is 105 cm³/mol. The maximum atomic E-state index is 5.74. The van der Waals surface area contributed by atoms with E-state index in [4.69, 9.17) is 9.26 Å². The SMILES string of the molecule is CCOc1cc(C)ccc1CNC(=NC)NCC(C)c1c(C)noc1C. The van der Waals surface area contributed by atoms with Gasteiger partial charge in [-0.25, -0.2) is 0 Å². The summed E-state index contributed by atoms with van der Waals surface area (Å²) in [5.41, 5.74) is 4.40. The minimum absolute atomic E-state index is 0.276. The molecule has 142 valence electrons. The van der Waals surface area contributed by atoms with Crippen LogP contribution in [0.15, 0.2) is 27.7 Å². The predicted octanol–water partition coefficient (Wildman–Crippen LogP) is 3.47. The van der Waals surface area contributed by atoms with Crippen LogP contribution in [-0.4, -0.2) is 31.3 Å². The van der Waals surface area contributed by atoms with Crippen molar-refractivity contribution in [1.82, 2.24) is 15.8 Å². The molecular weight excluding hydrogens is 328 g/mol. The van der Waals surface area contributed by atoms with Gasteiger partial charge >= 0.3 is 0 Å². The third-order valence-corrected chi connectivity index (χ3v) is 4.35. The molecule has 1 aromatic heterocycles. The van der Waals surface area contributed by atoms with E-state index in [-0.39, 0.29) is 5.92 Å². The largest absolute Gasteiger partial charge is 0.494 e. The molecule has 1 heterocycles. The number of nitrogens with one attached hydrogen (secondary N) is 2. The van der Waals surface area contributed by atoms with Crippen LogP contribution in [0, 0.1) is 20.8 Å². The standard InChI is InChI=1S/C20H30N4O2/c1-7-25-18-10-13(2)8-9-17(18)12-23-20(21-6)22-11-14(3)19-15(4)24-26-16(19)5/h8-10,14H,7,11-12H2,1-6H3,(H2,21,22,23). The minimum Gasteiger partial charge on any atom is -0.494 e.